The van der Waals surface area contributed by atoms with E-state index in [4.69, 9.17) is 11.6 Å². The van der Waals surface area contributed by atoms with E-state index in [-0.39, 0.29) is 11.7 Å². The molecule has 2 aromatic rings. The number of aromatic nitrogens is 1. The Hall–Kier alpha value is -1.66. The highest BCUT2D eigenvalue weighted by atomic mass is 35.5. The van der Waals surface area contributed by atoms with Crippen LogP contribution >= 0.6 is 22.9 Å². The molecule has 0 radical (unpaired) electrons. The number of halogens is 1. The lowest BCUT2D eigenvalue weighted by Gasteiger charge is -2.13. The summed E-state index contributed by atoms with van der Waals surface area (Å²) in [4.78, 5) is 14.3. The molecule has 7 heteroatoms. The number of hydrogen-bond acceptors (Lipinski definition) is 5. The summed E-state index contributed by atoms with van der Waals surface area (Å²) >= 11 is 7.53. The molecule has 1 aromatic heterocycles. The molecule has 0 saturated carbocycles. The van der Waals surface area contributed by atoms with Gasteiger partial charge in [-0.05, 0) is 13.0 Å². The number of thiazole rings is 1. The zero-order valence-electron chi connectivity index (χ0n) is 9.46. The third kappa shape index (κ3) is 2.77. The molecule has 0 spiro atoms. The molecule has 0 aliphatic heterocycles. The minimum absolute atomic E-state index is 0.00366. The lowest BCUT2D eigenvalue weighted by molar-refractivity contribution is -0.384. The Bertz CT molecular complexity index is 559. The fourth-order valence-electron chi connectivity index (χ4n) is 1.48. The largest absolute Gasteiger partial charge is 0.375 e. The summed E-state index contributed by atoms with van der Waals surface area (Å²) in [5.74, 6) is 0. The topological polar surface area (TPSA) is 68.1 Å². The van der Waals surface area contributed by atoms with Gasteiger partial charge in [-0.25, -0.2) is 4.98 Å². The van der Waals surface area contributed by atoms with Gasteiger partial charge in [0.1, 0.15) is 5.01 Å². The minimum atomic E-state index is -0.472. The highest BCUT2D eigenvalue weighted by molar-refractivity contribution is 7.09. The van der Waals surface area contributed by atoms with Crippen molar-refractivity contribution in [2.24, 2.45) is 0 Å². The Morgan fingerprint density at radius 1 is 1.56 bits per heavy atom. The molecule has 5 nitrogen and oxygen atoms in total. The summed E-state index contributed by atoms with van der Waals surface area (Å²) in [6.45, 7) is 1.95. The van der Waals surface area contributed by atoms with Crippen LogP contribution < -0.4 is 5.32 Å². The summed E-state index contributed by atoms with van der Waals surface area (Å²) in [6, 6.07) is 4.36. The Morgan fingerprint density at radius 3 is 2.89 bits per heavy atom. The Kier molecular flexibility index (Phi) is 3.78. The molecule has 0 saturated heterocycles. The second-order valence-corrected chi connectivity index (χ2v) is 4.99. The van der Waals surface area contributed by atoms with Crippen molar-refractivity contribution in [1.29, 1.82) is 0 Å². The highest BCUT2D eigenvalue weighted by Crippen LogP contribution is 2.29. The van der Waals surface area contributed by atoms with E-state index < -0.39 is 4.92 Å². The molecule has 1 heterocycles. The van der Waals surface area contributed by atoms with Crippen LogP contribution in [-0.2, 0) is 0 Å². The monoisotopic (exact) mass is 283 g/mol. The van der Waals surface area contributed by atoms with Crippen LogP contribution in [0.1, 0.15) is 18.0 Å². The zero-order valence-corrected chi connectivity index (χ0v) is 11.0. The first-order valence-corrected chi connectivity index (χ1v) is 6.43. The predicted octanol–water partition coefficient (Wildman–Crippen LogP) is 3.88. The number of rotatable bonds is 4. The first-order valence-electron chi connectivity index (χ1n) is 5.18. The molecule has 1 unspecified atom stereocenters. The average molecular weight is 284 g/mol. The van der Waals surface area contributed by atoms with Crippen molar-refractivity contribution in [3.63, 3.8) is 0 Å². The maximum Gasteiger partial charge on any atom is 0.271 e. The minimum Gasteiger partial charge on any atom is -0.375 e. The number of benzene rings is 1. The van der Waals surface area contributed by atoms with Gasteiger partial charge >= 0.3 is 0 Å². The molecule has 1 N–H and O–H groups in total. The lowest BCUT2D eigenvalue weighted by Crippen LogP contribution is -2.06. The van der Waals surface area contributed by atoms with Gasteiger partial charge in [0, 0.05) is 23.7 Å². The molecule has 1 aromatic carbocycles. The van der Waals surface area contributed by atoms with Crippen LogP contribution in [0, 0.1) is 10.1 Å². The van der Waals surface area contributed by atoms with Gasteiger partial charge < -0.3 is 5.32 Å². The van der Waals surface area contributed by atoms with Crippen LogP contribution in [0.2, 0.25) is 5.02 Å². The van der Waals surface area contributed by atoms with E-state index in [1.54, 1.807) is 12.3 Å². The van der Waals surface area contributed by atoms with Crippen molar-refractivity contribution in [2.45, 2.75) is 13.0 Å². The standard InChI is InChI=1S/C11H10ClN3O2S/c1-7(11-13-4-5-18-11)14-10-3-2-8(15(16)17)6-9(10)12/h2-7,14H,1H3. The van der Waals surface area contributed by atoms with E-state index in [1.807, 2.05) is 12.3 Å². The van der Waals surface area contributed by atoms with Gasteiger partial charge in [0.15, 0.2) is 0 Å². The van der Waals surface area contributed by atoms with Crippen LogP contribution in [0.4, 0.5) is 11.4 Å². The Morgan fingerprint density at radius 2 is 2.33 bits per heavy atom. The molecule has 0 amide bonds. The lowest BCUT2D eigenvalue weighted by atomic mass is 10.2. The molecule has 18 heavy (non-hydrogen) atoms. The van der Waals surface area contributed by atoms with E-state index in [0.29, 0.717) is 10.7 Å². The van der Waals surface area contributed by atoms with Crippen LogP contribution in [-0.4, -0.2) is 9.91 Å². The summed E-state index contributed by atoms with van der Waals surface area (Å²) in [5, 5.41) is 16.9. The number of non-ortho nitro benzene ring substituents is 1. The van der Waals surface area contributed by atoms with Crippen LogP contribution in [0.3, 0.4) is 0 Å². The summed E-state index contributed by atoms with van der Waals surface area (Å²) < 4.78 is 0. The SMILES string of the molecule is CC(Nc1ccc([N+](=O)[O-])cc1Cl)c1nccs1. The molecule has 0 fully saturated rings. The van der Waals surface area contributed by atoms with Gasteiger partial charge in [-0.15, -0.1) is 11.3 Å². The molecular formula is C11H10ClN3O2S. The van der Waals surface area contributed by atoms with E-state index in [2.05, 4.69) is 10.3 Å². The van der Waals surface area contributed by atoms with Gasteiger partial charge in [0.2, 0.25) is 0 Å². The molecular weight excluding hydrogens is 274 g/mol. The molecule has 2 rings (SSSR count). The van der Waals surface area contributed by atoms with Crippen molar-refractivity contribution >= 4 is 34.3 Å². The van der Waals surface area contributed by atoms with Crippen molar-refractivity contribution in [2.75, 3.05) is 5.32 Å². The molecule has 0 bridgehead atoms. The van der Waals surface area contributed by atoms with Gasteiger partial charge in [0.25, 0.3) is 5.69 Å². The maximum absolute atomic E-state index is 10.6. The van der Waals surface area contributed by atoms with E-state index in [0.717, 1.165) is 5.01 Å². The van der Waals surface area contributed by atoms with Gasteiger partial charge in [-0.1, -0.05) is 11.6 Å². The van der Waals surface area contributed by atoms with Crippen LogP contribution in [0.15, 0.2) is 29.8 Å². The molecule has 1 atom stereocenters. The normalized spacial score (nSPS) is 12.1. The number of anilines is 1. The second kappa shape index (κ2) is 5.32. The zero-order chi connectivity index (χ0) is 13.1. The number of nitrogens with one attached hydrogen (secondary N) is 1. The van der Waals surface area contributed by atoms with E-state index in [1.165, 1.54) is 23.5 Å². The number of nitrogens with zero attached hydrogens (tertiary/aromatic N) is 2. The molecule has 94 valence electrons. The first-order chi connectivity index (χ1) is 8.58. The van der Waals surface area contributed by atoms with Crippen molar-refractivity contribution in [3.05, 3.63) is 49.9 Å². The third-order valence-electron chi connectivity index (χ3n) is 2.36. The fraction of sp³-hybridized carbons (Fsp3) is 0.182. The van der Waals surface area contributed by atoms with Crippen LogP contribution in [0.25, 0.3) is 0 Å². The Labute approximate surface area is 113 Å². The number of hydrogen-bond donors (Lipinski definition) is 1. The maximum atomic E-state index is 10.6. The summed E-state index contributed by atoms with van der Waals surface area (Å²) in [6.07, 6.45) is 1.73. The smallest absolute Gasteiger partial charge is 0.271 e. The Balaban J connectivity index is 2.17. The number of nitro groups is 1. The predicted molar refractivity (Wildman–Crippen MR) is 72.3 cm³/mol. The molecule has 0 aliphatic rings. The number of nitro benzene ring substituents is 1. The van der Waals surface area contributed by atoms with E-state index >= 15 is 0 Å². The van der Waals surface area contributed by atoms with Crippen molar-refractivity contribution in [1.82, 2.24) is 4.98 Å². The van der Waals surface area contributed by atoms with E-state index in [9.17, 15) is 10.1 Å². The quantitative estimate of drug-likeness (QED) is 0.683. The third-order valence-corrected chi connectivity index (χ3v) is 3.63. The molecule has 0 aliphatic carbocycles. The summed E-state index contributed by atoms with van der Waals surface area (Å²) in [5.41, 5.74) is 0.636. The van der Waals surface area contributed by atoms with Gasteiger partial charge in [-0.2, -0.15) is 0 Å². The van der Waals surface area contributed by atoms with Crippen LogP contribution in [0.5, 0.6) is 0 Å². The highest BCUT2D eigenvalue weighted by Gasteiger charge is 2.13. The second-order valence-electron chi connectivity index (χ2n) is 3.66. The van der Waals surface area contributed by atoms with Crippen molar-refractivity contribution < 1.29 is 4.92 Å². The van der Waals surface area contributed by atoms with Crippen molar-refractivity contribution in [3.8, 4) is 0 Å². The van der Waals surface area contributed by atoms with Gasteiger partial charge in [0.05, 0.1) is 21.7 Å². The fourth-order valence-corrected chi connectivity index (χ4v) is 2.35. The van der Waals surface area contributed by atoms with Gasteiger partial charge in [-0.3, -0.25) is 10.1 Å². The first kappa shape index (κ1) is 12.8. The summed E-state index contributed by atoms with van der Waals surface area (Å²) in [7, 11) is 0. The average Bonchev–Trinajstić information content (AvgIpc) is 2.85.